The standard InChI is InChI=1S/C9H7N3O2/c10-7-3-6-5-11-2-1-8(6)9(4-7)12(13)14/h1-5H,10H2. The Morgan fingerprint density at radius 3 is 2.93 bits per heavy atom. The Bertz CT molecular complexity index is 510. The summed E-state index contributed by atoms with van der Waals surface area (Å²) in [6.07, 6.45) is 3.07. The Kier molecular flexibility index (Phi) is 1.78. The maximum atomic E-state index is 10.7. The van der Waals surface area contributed by atoms with E-state index in [4.69, 9.17) is 5.73 Å². The van der Waals surface area contributed by atoms with Crippen LogP contribution in [0.2, 0.25) is 0 Å². The van der Waals surface area contributed by atoms with E-state index in [2.05, 4.69) is 4.98 Å². The van der Waals surface area contributed by atoms with E-state index >= 15 is 0 Å². The molecule has 5 nitrogen and oxygen atoms in total. The van der Waals surface area contributed by atoms with Gasteiger partial charge < -0.3 is 5.73 Å². The first-order valence-corrected chi connectivity index (χ1v) is 3.96. The second-order valence-electron chi connectivity index (χ2n) is 2.89. The SMILES string of the molecule is Nc1cc([N+](=O)[O-])c2ccncc2c1. The Morgan fingerprint density at radius 1 is 1.43 bits per heavy atom. The third-order valence-electron chi connectivity index (χ3n) is 1.95. The summed E-state index contributed by atoms with van der Waals surface area (Å²) in [7, 11) is 0. The number of non-ortho nitro benzene ring substituents is 1. The highest BCUT2D eigenvalue weighted by atomic mass is 16.6. The summed E-state index contributed by atoms with van der Waals surface area (Å²) in [5.41, 5.74) is 5.92. The van der Waals surface area contributed by atoms with Crippen LogP contribution in [-0.4, -0.2) is 9.91 Å². The average molecular weight is 189 g/mol. The first-order valence-electron chi connectivity index (χ1n) is 3.96. The molecule has 1 aromatic heterocycles. The number of benzene rings is 1. The fourth-order valence-corrected chi connectivity index (χ4v) is 1.36. The highest BCUT2D eigenvalue weighted by Gasteiger charge is 2.12. The number of nitrogen functional groups attached to an aromatic ring is 1. The number of nitro benzene ring substituents is 1. The fraction of sp³-hybridized carbons (Fsp3) is 0. The van der Waals surface area contributed by atoms with Gasteiger partial charge >= 0.3 is 0 Å². The largest absolute Gasteiger partial charge is 0.399 e. The number of pyridine rings is 1. The summed E-state index contributed by atoms with van der Waals surface area (Å²) < 4.78 is 0. The molecule has 2 rings (SSSR count). The zero-order chi connectivity index (χ0) is 10.1. The van der Waals surface area contributed by atoms with Crippen LogP contribution < -0.4 is 5.73 Å². The number of nitrogens with two attached hydrogens (primary N) is 1. The summed E-state index contributed by atoms with van der Waals surface area (Å²) in [4.78, 5) is 14.1. The number of nitrogens with zero attached hydrogens (tertiary/aromatic N) is 2. The monoisotopic (exact) mass is 189 g/mol. The Balaban J connectivity index is 2.87. The first-order chi connectivity index (χ1) is 6.68. The van der Waals surface area contributed by atoms with Gasteiger partial charge in [-0.05, 0) is 12.1 Å². The van der Waals surface area contributed by atoms with Crippen molar-refractivity contribution in [1.82, 2.24) is 4.98 Å². The van der Waals surface area contributed by atoms with Gasteiger partial charge in [0.2, 0.25) is 0 Å². The highest BCUT2D eigenvalue weighted by molar-refractivity contribution is 5.92. The van der Waals surface area contributed by atoms with E-state index in [1.807, 2.05) is 0 Å². The minimum Gasteiger partial charge on any atom is -0.399 e. The molecule has 0 atom stereocenters. The number of fused-ring (bicyclic) bond motifs is 1. The molecule has 0 unspecified atom stereocenters. The normalized spacial score (nSPS) is 10.3. The van der Waals surface area contributed by atoms with E-state index in [1.165, 1.54) is 12.3 Å². The summed E-state index contributed by atoms with van der Waals surface area (Å²) in [5, 5.41) is 11.9. The molecule has 2 aromatic rings. The molecule has 0 fully saturated rings. The first kappa shape index (κ1) is 8.43. The van der Waals surface area contributed by atoms with E-state index in [9.17, 15) is 10.1 Å². The quantitative estimate of drug-likeness (QED) is 0.420. The molecule has 2 N–H and O–H groups in total. The van der Waals surface area contributed by atoms with E-state index in [1.54, 1.807) is 18.3 Å². The van der Waals surface area contributed by atoms with Gasteiger partial charge in [0.1, 0.15) is 0 Å². The molecule has 0 spiro atoms. The van der Waals surface area contributed by atoms with Gasteiger partial charge in [-0.25, -0.2) is 0 Å². The van der Waals surface area contributed by atoms with Crippen molar-refractivity contribution >= 4 is 22.1 Å². The Hall–Kier alpha value is -2.17. The van der Waals surface area contributed by atoms with Crippen molar-refractivity contribution in [2.75, 3.05) is 5.73 Å². The third kappa shape index (κ3) is 1.24. The van der Waals surface area contributed by atoms with Gasteiger partial charge in [-0.3, -0.25) is 15.1 Å². The van der Waals surface area contributed by atoms with Gasteiger partial charge in [-0.15, -0.1) is 0 Å². The van der Waals surface area contributed by atoms with Crippen LogP contribution in [0.4, 0.5) is 11.4 Å². The molecule has 0 saturated heterocycles. The van der Waals surface area contributed by atoms with Crippen molar-refractivity contribution in [2.24, 2.45) is 0 Å². The average Bonchev–Trinajstić information content (AvgIpc) is 2.16. The van der Waals surface area contributed by atoms with Crippen LogP contribution in [0.25, 0.3) is 10.8 Å². The zero-order valence-corrected chi connectivity index (χ0v) is 7.18. The van der Waals surface area contributed by atoms with E-state index in [0.29, 0.717) is 16.5 Å². The van der Waals surface area contributed by atoms with Crippen LogP contribution in [0.1, 0.15) is 0 Å². The number of hydrogen-bond acceptors (Lipinski definition) is 4. The topological polar surface area (TPSA) is 82.0 Å². The Morgan fingerprint density at radius 2 is 2.21 bits per heavy atom. The molecule has 5 heteroatoms. The van der Waals surface area contributed by atoms with Gasteiger partial charge in [0.15, 0.2) is 0 Å². The molecule has 0 aliphatic heterocycles. The zero-order valence-electron chi connectivity index (χ0n) is 7.18. The molecular formula is C9H7N3O2. The van der Waals surface area contributed by atoms with Crippen LogP contribution in [0.5, 0.6) is 0 Å². The van der Waals surface area contributed by atoms with Gasteiger partial charge in [0.25, 0.3) is 5.69 Å². The lowest BCUT2D eigenvalue weighted by Gasteiger charge is -2.00. The summed E-state index contributed by atoms with van der Waals surface area (Å²) in [6.45, 7) is 0. The lowest BCUT2D eigenvalue weighted by Crippen LogP contribution is -1.93. The maximum Gasteiger partial charge on any atom is 0.279 e. The fourth-order valence-electron chi connectivity index (χ4n) is 1.36. The molecule has 0 amide bonds. The minimum atomic E-state index is -0.446. The molecule has 0 saturated carbocycles. The molecule has 1 aromatic carbocycles. The van der Waals surface area contributed by atoms with Gasteiger partial charge in [-0.2, -0.15) is 0 Å². The van der Waals surface area contributed by atoms with E-state index in [0.717, 1.165) is 0 Å². The summed E-state index contributed by atoms with van der Waals surface area (Å²) in [6, 6.07) is 4.62. The number of nitro groups is 1. The van der Waals surface area contributed by atoms with E-state index in [-0.39, 0.29) is 5.69 Å². The molecule has 70 valence electrons. The van der Waals surface area contributed by atoms with Crippen molar-refractivity contribution in [3.8, 4) is 0 Å². The lowest BCUT2D eigenvalue weighted by atomic mass is 10.1. The summed E-state index contributed by atoms with van der Waals surface area (Å²) >= 11 is 0. The number of aromatic nitrogens is 1. The van der Waals surface area contributed by atoms with Crippen molar-refractivity contribution in [1.29, 1.82) is 0 Å². The predicted molar refractivity (Wildman–Crippen MR) is 52.8 cm³/mol. The van der Waals surface area contributed by atoms with Crippen molar-refractivity contribution in [2.45, 2.75) is 0 Å². The van der Waals surface area contributed by atoms with Crippen molar-refractivity contribution in [3.63, 3.8) is 0 Å². The molecule has 14 heavy (non-hydrogen) atoms. The smallest absolute Gasteiger partial charge is 0.279 e. The van der Waals surface area contributed by atoms with E-state index < -0.39 is 4.92 Å². The molecule has 0 bridgehead atoms. The number of hydrogen-bond donors (Lipinski definition) is 1. The van der Waals surface area contributed by atoms with Crippen LogP contribution >= 0.6 is 0 Å². The Labute approximate surface area is 79.3 Å². The van der Waals surface area contributed by atoms with Crippen LogP contribution in [0, 0.1) is 10.1 Å². The molecule has 0 aliphatic carbocycles. The van der Waals surface area contributed by atoms with Crippen LogP contribution in [-0.2, 0) is 0 Å². The molecule has 0 aliphatic rings. The van der Waals surface area contributed by atoms with Crippen molar-refractivity contribution < 1.29 is 4.92 Å². The van der Waals surface area contributed by atoms with Gasteiger partial charge in [0.05, 0.1) is 10.3 Å². The summed E-state index contributed by atoms with van der Waals surface area (Å²) in [5.74, 6) is 0. The second kappa shape index (κ2) is 2.95. The van der Waals surface area contributed by atoms with Gasteiger partial charge in [0, 0.05) is 29.5 Å². The van der Waals surface area contributed by atoms with Crippen LogP contribution in [0.15, 0.2) is 30.6 Å². The predicted octanol–water partition coefficient (Wildman–Crippen LogP) is 1.73. The maximum absolute atomic E-state index is 10.7. The minimum absolute atomic E-state index is 0.0161. The lowest BCUT2D eigenvalue weighted by molar-refractivity contribution is -0.383. The van der Waals surface area contributed by atoms with Crippen molar-refractivity contribution in [3.05, 3.63) is 40.7 Å². The number of anilines is 1. The molecular weight excluding hydrogens is 182 g/mol. The number of rotatable bonds is 1. The van der Waals surface area contributed by atoms with Gasteiger partial charge in [-0.1, -0.05) is 0 Å². The molecule has 0 radical (unpaired) electrons. The second-order valence-corrected chi connectivity index (χ2v) is 2.89. The highest BCUT2D eigenvalue weighted by Crippen LogP contribution is 2.27. The molecule has 1 heterocycles. The van der Waals surface area contributed by atoms with Crippen LogP contribution in [0.3, 0.4) is 0 Å². The third-order valence-corrected chi connectivity index (χ3v) is 1.95.